The van der Waals surface area contributed by atoms with Gasteiger partial charge < -0.3 is 0 Å². The van der Waals surface area contributed by atoms with Crippen LogP contribution in [0.3, 0.4) is 0 Å². The number of fused-ring (bicyclic) bond motifs is 1. The zero-order valence-electron chi connectivity index (χ0n) is 15.0. The van der Waals surface area contributed by atoms with Gasteiger partial charge in [-0.15, -0.1) is 0 Å². The molecule has 0 saturated heterocycles. The van der Waals surface area contributed by atoms with E-state index in [4.69, 9.17) is 23.2 Å². The summed E-state index contributed by atoms with van der Waals surface area (Å²) in [4.78, 5) is 34.2. The fraction of sp³-hybridized carbons (Fsp3) is 0.100. The Balaban J connectivity index is 2.16. The first-order chi connectivity index (χ1) is 13.4. The van der Waals surface area contributed by atoms with Gasteiger partial charge in [-0.05, 0) is 12.1 Å². The minimum Gasteiger partial charge on any atom is -0.279 e. The highest BCUT2D eigenvalue weighted by atomic mass is 35.5. The van der Waals surface area contributed by atoms with Crippen LogP contribution in [-0.2, 0) is 14.1 Å². The van der Waals surface area contributed by atoms with Gasteiger partial charge in [0.1, 0.15) is 0 Å². The number of benzene rings is 2. The van der Waals surface area contributed by atoms with E-state index >= 15 is 0 Å². The Bertz CT molecular complexity index is 1340. The molecule has 2 aromatic carbocycles. The lowest BCUT2D eigenvalue weighted by Crippen LogP contribution is -2.37. The predicted molar refractivity (Wildman–Crippen MR) is 111 cm³/mol. The SMILES string of the molecule is Cn1c(=O)c2nc(-c3ccccc3)c(-c3ccc(Cl)c(Cl)c3)nc2n(C)c1=O. The van der Waals surface area contributed by atoms with Gasteiger partial charge in [-0.25, -0.2) is 14.8 Å². The molecule has 0 spiro atoms. The van der Waals surface area contributed by atoms with Gasteiger partial charge >= 0.3 is 5.69 Å². The average Bonchev–Trinajstić information content (AvgIpc) is 2.72. The fourth-order valence-electron chi connectivity index (χ4n) is 3.01. The number of halogens is 2. The van der Waals surface area contributed by atoms with E-state index in [2.05, 4.69) is 9.97 Å². The summed E-state index contributed by atoms with van der Waals surface area (Å²) in [5, 5.41) is 0.791. The molecule has 0 radical (unpaired) electrons. The summed E-state index contributed by atoms with van der Waals surface area (Å²) >= 11 is 12.2. The molecule has 0 bridgehead atoms. The molecule has 6 nitrogen and oxygen atoms in total. The van der Waals surface area contributed by atoms with E-state index in [1.54, 1.807) is 25.2 Å². The predicted octanol–water partition coefficient (Wildman–Crippen LogP) is 3.67. The van der Waals surface area contributed by atoms with Crippen molar-refractivity contribution in [3.8, 4) is 22.5 Å². The molecule has 0 aliphatic rings. The van der Waals surface area contributed by atoms with Gasteiger partial charge in [0.25, 0.3) is 5.56 Å². The smallest absolute Gasteiger partial charge is 0.279 e. The van der Waals surface area contributed by atoms with Crippen LogP contribution in [0.4, 0.5) is 0 Å². The van der Waals surface area contributed by atoms with E-state index in [0.717, 1.165) is 10.1 Å². The molecule has 0 saturated carbocycles. The van der Waals surface area contributed by atoms with Crippen LogP contribution >= 0.6 is 23.2 Å². The topological polar surface area (TPSA) is 69.8 Å². The van der Waals surface area contributed by atoms with Crippen molar-refractivity contribution in [3.05, 3.63) is 79.4 Å². The number of aromatic nitrogens is 4. The van der Waals surface area contributed by atoms with Crippen molar-refractivity contribution >= 4 is 34.4 Å². The molecule has 28 heavy (non-hydrogen) atoms. The first kappa shape index (κ1) is 18.4. The lowest BCUT2D eigenvalue weighted by atomic mass is 10.0. The summed E-state index contributed by atoms with van der Waals surface area (Å²) < 4.78 is 2.32. The van der Waals surface area contributed by atoms with E-state index in [1.807, 2.05) is 30.3 Å². The Labute approximate surface area is 169 Å². The number of aryl methyl sites for hydroxylation is 1. The van der Waals surface area contributed by atoms with Crippen LogP contribution in [0.1, 0.15) is 0 Å². The maximum atomic E-state index is 12.6. The van der Waals surface area contributed by atoms with Crippen LogP contribution in [0.2, 0.25) is 10.0 Å². The minimum absolute atomic E-state index is 0.118. The molecular weight excluding hydrogens is 399 g/mol. The number of hydrogen-bond acceptors (Lipinski definition) is 4. The highest BCUT2D eigenvalue weighted by Gasteiger charge is 2.18. The average molecular weight is 413 g/mol. The second-order valence-corrected chi connectivity index (χ2v) is 7.11. The van der Waals surface area contributed by atoms with E-state index in [9.17, 15) is 9.59 Å². The van der Waals surface area contributed by atoms with Gasteiger partial charge in [0, 0.05) is 25.2 Å². The summed E-state index contributed by atoms with van der Waals surface area (Å²) in [6.07, 6.45) is 0. The molecule has 0 aliphatic heterocycles. The lowest BCUT2D eigenvalue weighted by Gasteiger charge is -2.13. The summed E-state index contributed by atoms with van der Waals surface area (Å²) in [5.74, 6) is 0. The van der Waals surface area contributed by atoms with Gasteiger partial charge in [-0.3, -0.25) is 13.9 Å². The van der Waals surface area contributed by atoms with Crippen LogP contribution in [0.15, 0.2) is 58.1 Å². The molecule has 4 rings (SSSR count). The molecule has 0 fully saturated rings. The first-order valence-corrected chi connectivity index (χ1v) is 9.12. The van der Waals surface area contributed by atoms with Crippen LogP contribution in [-0.4, -0.2) is 19.1 Å². The zero-order chi connectivity index (χ0) is 20.0. The first-order valence-electron chi connectivity index (χ1n) is 8.37. The second kappa shape index (κ2) is 6.89. The Morgan fingerprint density at radius 2 is 1.46 bits per heavy atom. The highest BCUT2D eigenvalue weighted by molar-refractivity contribution is 6.42. The molecular formula is C20H14Cl2N4O2. The zero-order valence-corrected chi connectivity index (χ0v) is 16.5. The quantitative estimate of drug-likeness (QED) is 0.503. The van der Waals surface area contributed by atoms with Crippen LogP contribution in [0, 0.1) is 0 Å². The van der Waals surface area contributed by atoms with Crippen molar-refractivity contribution in [2.75, 3.05) is 0 Å². The molecule has 2 heterocycles. The van der Waals surface area contributed by atoms with E-state index in [-0.39, 0.29) is 11.2 Å². The van der Waals surface area contributed by atoms with Crippen molar-refractivity contribution in [2.24, 2.45) is 14.1 Å². The number of hydrogen-bond donors (Lipinski definition) is 0. The van der Waals surface area contributed by atoms with Crippen molar-refractivity contribution in [3.63, 3.8) is 0 Å². The van der Waals surface area contributed by atoms with Crippen molar-refractivity contribution in [1.29, 1.82) is 0 Å². The molecule has 140 valence electrons. The van der Waals surface area contributed by atoms with E-state index in [1.165, 1.54) is 11.6 Å². The summed E-state index contributed by atoms with van der Waals surface area (Å²) in [6.45, 7) is 0. The Hall–Kier alpha value is -2.96. The third kappa shape index (κ3) is 2.91. The maximum absolute atomic E-state index is 12.6. The molecule has 0 amide bonds. The molecule has 0 atom stereocenters. The van der Waals surface area contributed by atoms with Crippen LogP contribution in [0.25, 0.3) is 33.7 Å². The van der Waals surface area contributed by atoms with Crippen molar-refractivity contribution < 1.29 is 0 Å². The molecule has 0 N–H and O–H groups in total. The van der Waals surface area contributed by atoms with E-state index in [0.29, 0.717) is 27.0 Å². The monoisotopic (exact) mass is 412 g/mol. The molecule has 2 aromatic heterocycles. The van der Waals surface area contributed by atoms with Crippen LogP contribution in [0.5, 0.6) is 0 Å². The Kier molecular flexibility index (Phi) is 4.53. The van der Waals surface area contributed by atoms with Gasteiger partial charge in [-0.2, -0.15) is 0 Å². The largest absolute Gasteiger partial charge is 0.332 e. The van der Waals surface area contributed by atoms with Crippen molar-refractivity contribution in [2.45, 2.75) is 0 Å². The Morgan fingerprint density at radius 1 is 0.786 bits per heavy atom. The maximum Gasteiger partial charge on any atom is 0.332 e. The Morgan fingerprint density at radius 3 is 2.14 bits per heavy atom. The fourth-order valence-corrected chi connectivity index (χ4v) is 3.31. The molecule has 0 aliphatic carbocycles. The van der Waals surface area contributed by atoms with Gasteiger partial charge in [-0.1, -0.05) is 59.6 Å². The van der Waals surface area contributed by atoms with Crippen molar-refractivity contribution in [1.82, 2.24) is 19.1 Å². The van der Waals surface area contributed by atoms with E-state index < -0.39 is 11.2 Å². The van der Waals surface area contributed by atoms with Gasteiger partial charge in [0.15, 0.2) is 11.2 Å². The third-order valence-corrected chi connectivity index (χ3v) is 5.26. The van der Waals surface area contributed by atoms with Crippen LogP contribution < -0.4 is 11.2 Å². The summed E-state index contributed by atoms with van der Waals surface area (Å²) in [7, 11) is 2.97. The standard InChI is InChI=1S/C20H14Cl2N4O2/c1-25-18-17(19(27)26(2)20(25)28)23-15(11-6-4-3-5-7-11)16(24-18)12-8-9-13(21)14(22)10-12/h3-10H,1-2H3. The van der Waals surface area contributed by atoms with Gasteiger partial charge in [0.05, 0.1) is 21.4 Å². The highest BCUT2D eigenvalue weighted by Crippen LogP contribution is 2.33. The van der Waals surface area contributed by atoms with Gasteiger partial charge in [0.2, 0.25) is 0 Å². The normalized spacial score (nSPS) is 11.1. The number of rotatable bonds is 2. The second-order valence-electron chi connectivity index (χ2n) is 6.29. The minimum atomic E-state index is -0.497. The molecule has 4 aromatic rings. The summed E-state index contributed by atoms with van der Waals surface area (Å²) in [6, 6.07) is 14.5. The number of nitrogens with zero attached hydrogens (tertiary/aromatic N) is 4. The lowest BCUT2D eigenvalue weighted by molar-refractivity contribution is 0.705. The molecule has 0 unspecified atom stereocenters. The molecule has 8 heteroatoms. The summed E-state index contributed by atoms with van der Waals surface area (Å²) in [5.41, 5.74) is 1.83. The third-order valence-electron chi connectivity index (χ3n) is 4.52.